The van der Waals surface area contributed by atoms with E-state index in [0.29, 0.717) is 35.8 Å². The number of amides is 2. The van der Waals surface area contributed by atoms with Gasteiger partial charge in [0, 0.05) is 49.7 Å². The normalized spacial score (nSPS) is 16.3. The third-order valence-electron chi connectivity index (χ3n) is 4.66. The van der Waals surface area contributed by atoms with Crippen LogP contribution in [0.15, 0.2) is 36.5 Å². The fourth-order valence-corrected chi connectivity index (χ4v) is 3.04. The highest BCUT2D eigenvalue weighted by molar-refractivity contribution is 6.05. The Hall–Kier alpha value is -3.13. The highest BCUT2D eigenvalue weighted by Gasteiger charge is 2.22. The molecule has 1 aromatic carbocycles. The minimum Gasteiger partial charge on any atom is -0.454 e. The van der Waals surface area contributed by atoms with E-state index in [1.165, 1.54) is 12.3 Å². The summed E-state index contributed by atoms with van der Waals surface area (Å²) in [5.41, 5.74) is 1.24. The lowest BCUT2D eigenvalue weighted by Gasteiger charge is -2.32. The predicted octanol–water partition coefficient (Wildman–Crippen LogP) is 1.45. The number of likely N-dealkylation sites (N-methyl/N-ethyl adjacent to an activating group) is 1. The molecule has 0 unspecified atom stereocenters. The Labute approximate surface area is 156 Å². The van der Waals surface area contributed by atoms with Crippen LogP contribution in [0, 0.1) is 0 Å². The first-order chi connectivity index (χ1) is 13.1. The Balaban J connectivity index is 1.47. The molecule has 0 spiro atoms. The van der Waals surface area contributed by atoms with Crippen LogP contribution in [-0.4, -0.2) is 66.6 Å². The Morgan fingerprint density at radius 3 is 2.63 bits per heavy atom. The number of anilines is 1. The number of carbonyl (C=O) groups is 2. The van der Waals surface area contributed by atoms with Crippen LogP contribution < -0.4 is 14.8 Å². The Kier molecular flexibility index (Phi) is 4.64. The molecule has 0 atom stereocenters. The Bertz CT molecular complexity index is 878. The molecular weight excluding hydrogens is 348 g/mol. The number of ether oxygens (including phenoxy) is 2. The monoisotopic (exact) mass is 368 g/mol. The molecule has 2 aliphatic rings. The van der Waals surface area contributed by atoms with Gasteiger partial charge in [0.2, 0.25) is 6.79 Å². The van der Waals surface area contributed by atoms with E-state index < -0.39 is 0 Å². The van der Waals surface area contributed by atoms with Crippen molar-refractivity contribution >= 4 is 17.5 Å². The second-order valence-corrected chi connectivity index (χ2v) is 6.55. The summed E-state index contributed by atoms with van der Waals surface area (Å²) in [5.74, 6) is 0.773. The zero-order valence-electron chi connectivity index (χ0n) is 15.0. The molecule has 2 aliphatic heterocycles. The van der Waals surface area contributed by atoms with Gasteiger partial charge in [-0.1, -0.05) is 0 Å². The Morgan fingerprint density at radius 1 is 1.04 bits per heavy atom. The van der Waals surface area contributed by atoms with E-state index in [-0.39, 0.29) is 24.3 Å². The minimum absolute atomic E-state index is 0.152. The van der Waals surface area contributed by atoms with Gasteiger partial charge in [-0.05, 0) is 31.3 Å². The standard InChI is InChI=1S/C19H20N4O4/c1-22-6-8-23(9-7-22)19(25)15-10-13(4-5-20-15)18(24)21-14-2-3-16-17(11-14)27-12-26-16/h2-5,10-11H,6-9,12H2,1H3,(H,21,24). The van der Waals surface area contributed by atoms with Crippen LogP contribution in [0.2, 0.25) is 0 Å². The average Bonchev–Trinajstić information content (AvgIpc) is 3.16. The first kappa shape index (κ1) is 17.3. The largest absolute Gasteiger partial charge is 0.454 e. The van der Waals surface area contributed by atoms with Gasteiger partial charge in [-0.25, -0.2) is 0 Å². The van der Waals surface area contributed by atoms with Crippen molar-refractivity contribution in [3.05, 3.63) is 47.8 Å². The van der Waals surface area contributed by atoms with Crippen molar-refractivity contribution in [2.75, 3.05) is 45.3 Å². The smallest absolute Gasteiger partial charge is 0.272 e. The lowest BCUT2D eigenvalue weighted by molar-refractivity contribution is 0.0658. The molecule has 2 aromatic rings. The van der Waals surface area contributed by atoms with E-state index in [9.17, 15) is 9.59 Å². The quantitative estimate of drug-likeness (QED) is 0.883. The van der Waals surface area contributed by atoms with Crippen molar-refractivity contribution in [1.29, 1.82) is 0 Å². The first-order valence-corrected chi connectivity index (χ1v) is 8.75. The second-order valence-electron chi connectivity index (χ2n) is 6.55. The highest BCUT2D eigenvalue weighted by Crippen LogP contribution is 2.34. The van der Waals surface area contributed by atoms with Crippen molar-refractivity contribution in [3.8, 4) is 11.5 Å². The summed E-state index contributed by atoms with van der Waals surface area (Å²) in [4.78, 5) is 33.3. The maximum Gasteiger partial charge on any atom is 0.272 e. The van der Waals surface area contributed by atoms with Crippen LogP contribution in [0.5, 0.6) is 11.5 Å². The summed E-state index contributed by atoms with van der Waals surface area (Å²) >= 11 is 0. The maximum absolute atomic E-state index is 12.7. The fraction of sp³-hybridized carbons (Fsp3) is 0.316. The van der Waals surface area contributed by atoms with E-state index >= 15 is 0 Å². The van der Waals surface area contributed by atoms with Crippen molar-refractivity contribution in [2.45, 2.75) is 0 Å². The number of fused-ring (bicyclic) bond motifs is 1. The van der Waals surface area contributed by atoms with E-state index in [2.05, 4.69) is 15.2 Å². The van der Waals surface area contributed by atoms with Crippen LogP contribution in [0.1, 0.15) is 20.8 Å². The summed E-state index contributed by atoms with van der Waals surface area (Å²) in [6.45, 7) is 3.15. The third-order valence-corrected chi connectivity index (χ3v) is 4.66. The number of hydrogen-bond acceptors (Lipinski definition) is 6. The number of piperazine rings is 1. The van der Waals surface area contributed by atoms with Crippen LogP contribution in [0.3, 0.4) is 0 Å². The lowest BCUT2D eigenvalue weighted by atomic mass is 10.2. The number of pyridine rings is 1. The number of rotatable bonds is 3. The predicted molar refractivity (Wildman–Crippen MR) is 98.2 cm³/mol. The highest BCUT2D eigenvalue weighted by atomic mass is 16.7. The topological polar surface area (TPSA) is 84.0 Å². The van der Waals surface area contributed by atoms with Gasteiger partial charge in [0.1, 0.15) is 5.69 Å². The molecule has 140 valence electrons. The van der Waals surface area contributed by atoms with E-state index in [4.69, 9.17) is 9.47 Å². The number of benzene rings is 1. The third kappa shape index (κ3) is 3.70. The molecule has 0 aliphatic carbocycles. The molecule has 8 heteroatoms. The van der Waals surface area contributed by atoms with E-state index in [1.54, 1.807) is 29.2 Å². The summed E-state index contributed by atoms with van der Waals surface area (Å²) in [5, 5.41) is 2.81. The van der Waals surface area contributed by atoms with Gasteiger partial charge in [-0.15, -0.1) is 0 Å². The zero-order valence-corrected chi connectivity index (χ0v) is 15.0. The number of carbonyl (C=O) groups excluding carboxylic acids is 2. The molecular formula is C19H20N4O4. The van der Waals surface area contributed by atoms with Crippen molar-refractivity contribution < 1.29 is 19.1 Å². The van der Waals surface area contributed by atoms with Gasteiger partial charge in [0.05, 0.1) is 0 Å². The van der Waals surface area contributed by atoms with Crippen LogP contribution in [-0.2, 0) is 0 Å². The van der Waals surface area contributed by atoms with Gasteiger partial charge < -0.3 is 24.6 Å². The molecule has 4 rings (SSSR count). The summed E-state index contributed by atoms with van der Waals surface area (Å²) in [6.07, 6.45) is 1.48. The van der Waals surface area contributed by atoms with Gasteiger partial charge in [-0.3, -0.25) is 14.6 Å². The molecule has 2 amide bonds. The molecule has 3 heterocycles. The molecule has 1 fully saturated rings. The van der Waals surface area contributed by atoms with Crippen LogP contribution in [0.25, 0.3) is 0 Å². The molecule has 0 bridgehead atoms. The zero-order chi connectivity index (χ0) is 18.8. The maximum atomic E-state index is 12.7. The number of nitrogens with zero attached hydrogens (tertiary/aromatic N) is 3. The summed E-state index contributed by atoms with van der Waals surface area (Å²) in [6, 6.07) is 8.31. The molecule has 0 radical (unpaired) electrons. The fourth-order valence-electron chi connectivity index (χ4n) is 3.04. The van der Waals surface area contributed by atoms with Gasteiger partial charge in [0.15, 0.2) is 11.5 Å². The number of nitrogens with one attached hydrogen (secondary N) is 1. The van der Waals surface area contributed by atoms with Gasteiger partial charge in [0.25, 0.3) is 11.8 Å². The van der Waals surface area contributed by atoms with Gasteiger partial charge >= 0.3 is 0 Å². The molecule has 8 nitrogen and oxygen atoms in total. The van der Waals surface area contributed by atoms with Crippen molar-refractivity contribution in [3.63, 3.8) is 0 Å². The molecule has 1 N–H and O–H groups in total. The second kappa shape index (κ2) is 7.24. The van der Waals surface area contributed by atoms with Crippen LogP contribution in [0.4, 0.5) is 5.69 Å². The Morgan fingerprint density at radius 2 is 1.81 bits per heavy atom. The molecule has 0 saturated carbocycles. The van der Waals surface area contributed by atoms with Crippen molar-refractivity contribution in [1.82, 2.24) is 14.8 Å². The van der Waals surface area contributed by atoms with E-state index in [1.807, 2.05) is 7.05 Å². The SMILES string of the molecule is CN1CCN(C(=O)c2cc(C(=O)Nc3ccc4c(c3)OCO4)ccn2)CC1. The van der Waals surface area contributed by atoms with Crippen molar-refractivity contribution in [2.24, 2.45) is 0 Å². The van der Waals surface area contributed by atoms with Crippen LogP contribution >= 0.6 is 0 Å². The number of aromatic nitrogens is 1. The first-order valence-electron chi connectivity index (χ1n) is 8.75. The molecule has 27 heavy (non-hydrogen) atoms. The number of hydrogen-bond donors (Lipinski definition) is 1. The van der Waals surface area contributed by atoms with E-state index in [0.717, 1.165) is 13.1 Å². The summed E-state index contributed by atoms with van der Waals surface area (Å²) < 4.78 is 10.6. The minimum atomic E-state index is -0.316. The molecule has 1 aromatic heterocycles. The average molecular weight is 368 g/mol. The van der Waals surface area contributed by atoms with Gasteiger partial charge in [-0.2, -0.15) is 0 Å². The summed E-state index contributed by atoms with van der Waals surface area (Å²) in [7, 11) is 2.03. The molecule has 1 saturated heterocycles. The lowest BCUT2D eigenvalue weighted by Crippen LogP contribution is -2.47.